The van der Waals surface area contributed by atoms with Gasteiger partial charge in [-0.2, -0.15) is 0 Å². The van der Waals surface area contributed by atoms with Crippen molar-refractivity contribution in [1.29, 1.82) is 0 Å². The van der Waals surface area contributed by atoms with Crippen molar-refractivity contribution in [2.45, 2.75) is 6.92 Å². The van der Waals surface area contributed by atoms with E-state index in [4.69, 9.17) is 17.3 Å². The number of halogens is 2. The largest absolute Gasteiger partial charge is 0.396 e. The van der Waals surface area contributed by atoms with E-state index in [2.05, 4.69) is 10.3 Å². The molecule has 0 aliphatic heterocycles. The molecule has 2 aromatic rings. The summed E-state index contributed by atoms with van der Waals surface area (Å²) in [5.41, 5.74) is 7.49. The summed E-state index contributed by atoms with van der Waals surface area (Å²) in [7, 11) is 0. The average Bonchev–Trinajstić information content (AvgIpc) is 2.22. The molecule has 0 radical (unpaired) electrons. The van der Waals surface area contributed by atoms with Gasteiger partial charge in [0.05, 0.1) is 28.1 Å². The van der Waals surface area contributed by atoms with Gasteiger partial charge >= 0.3 is 0 Å². The van der Waals surface area contributed by atoms with Crippen molar-refractivity contribution in [1.82, 2.24) is 4.98 Å². The van der Waals surface area contributed by atoms with Gasteiger partial charge < -0.3 is 11.1 Å². The molecule has 84 valence electrons. The van der Waals surface area contributed by atoms with Crippen LogP contribution in [0.15, 0.2) is 18.3 Å². The summed E-state index contributed by atoms with van der Waals surface area (Å²) in [6.45, 7) is 2.63. The van der Waals surface area contributed by atoms with Crippen LogP contribution < -0.4 is 11.1 Å². The van der Waals surface area contributed by atoms with Gasteiger partial charge in [0, 0.05) is 11.9 Å². The summed E-state index contributed by atoms with van der Waals surface area (Å²) in [5.74, 6) is -0.399. The van der Waals surface area contributed by atoms with Crippen LogP contribution in [0.5, 0.6) is 0 Å². The maximum absolute atomic E-state index is 13.3. The lowest BCUT2D eigenvalue weighted by Gasteiger charge is -2.11. The number of pyridine rings is 1. The Hall–Kier alpha value is -1.55. The van der Waals surface area contributed by atoms with Crippen molar-refractivity contribution in [2.24, 2.45) is 0 Å². The first-order chi connectivity index (χ1) is 7.63. The summed E-state index contributed by atoms with van der Waals surface area (Å²) in [6, 6.07) is 2.62. The van der Waals surface area contributed by atoms with E-state index in [9.17, 15) is 4.39 Å². The maximum Gasteiger partial charge on any atom is 0.125 e. The molecule has 0 spiro atoms. The number of benzene rings is 1. The zero-order valence-corrected chi connectivity index (χ0v) is 9.48. The number of anilines is 2. The molecule has 1 aromatic heterocycles. The molecule has 0 unspecified atom stereocenters. The number of hydrogen-bond donors (Lipinski definition) is 2. The Kier molecular flexibility index (Phi) is 2.83. The molecule has 5 heteroatoms. The van der Waals surface area contributed by atoms with Crippen LogP contribution in [0.4, 0.5) is 15.8 Å². The monoisotopic (exact) mass is 239 g/mol. The number of aromatic nitrogens is 1. The number of nitrogens with one attached hydrogen (secondary N) is 1. The summed E-state index contributed by atoms with van der Waals surface area (Å²) >= 11 is 5.92. The first-order valence-corrected chi connectivity index (χ1v) is 5.28. The average molecular weight is 240 g/mol. The molecule has 1 aromatic carbocycles. The molecule has 16 heavy (non-hydrogen) atoms. The minimum absolute atomic E-state index is 0.286. The molecule has 0 fully saturated rings. The van der Waals surface area contributed by atoms with E-state index < -0.39 is 5.82 Å². The molecule has 3 nitrogen and oxygen atoms in total. The predicted molar refractivity (Wildman–Crippen MR) is 65.3 cm³/mol. The van der Waals surface area contributed by atoms with E-state index in [1.807, 2.05) is 6.92 Å². The van der Waals surface area contributed by atoms with E-state index in [-0.39, 0.29) is 5.02 Å². The van der Waals surface area contributed by atoms with Crippen molar-refractivity contribution < 1.29 is 4.39 Å². The van der Waals surface area contributed by atoms with Crippen LogP contribution in [0.3, 0.4) is 0 Å². The molecule has 0 amide bonds. The fourth-order valence-electron chi connectivity index (χ4n) is 1.62. The highest BCUT2D eigenvalue weighted by molar-refractivity contribution is 6.35. The number of rotatable bonds is 2. The van der Waals surface area contributed by atoms with Crippen molar-refractivity contribution in [2.75, 3.05) is 17.6 Å². The van der Waals surface area contributed by atoms with Crippen molar-refractivity contribution in [3.8, 4) is 0 Å². The van der Waals surface area contributed by atoms with Crippen LogP contribution in [0.1, 0.15) is 6.92 Å². The molecule has 0 aliphatic carbocycles. The lowest BCUT2D eigenvalue weighted by molar-refractivity contribution is 0.629. The van der Waals surface area contributed by atoms with Crippen LogP contribution >= 0.6 is 11.6 Å². The van der Waals surface area contributed by atoms with Gasteiger partial charge in [0.25, 0.3) is 0 Å². The number of nitrogens with zero attached hydrogens (tertiary/aromatic N) is 1. The van der Waals surface area contributed by atoms with Gasteiger partial charge in [-0.3, -0.25) is 4.98 Å². The predicted octanol–water partition coefficient (Wildman–Crippen LogP) is 3.04. The van der Waals surface area contributed by atoms with Gasteiger partial charge in [-0.05, 0) is 19.1 Å². The molecule has 0 saturated heterocycles. The third kappa shape index (κ3) is 1.76. The van der Waals surface area contributed by atoms with Crippen LogP contribution in [0, 0.1) is 5.82 Å². The van der Waals surface area contributed by atoms with Crippen LogP contribution in [-0.4, -0.2) is 11.5 Å². The minimum Gasteiger partial charge on any atom is -0.396 e. The Bertz CT molecular complexity index is 542. The van der Waals surface area contributed by atoms with E-state index >= 15 is 0 Å². The second kappa shape index (κ2) is 4.14. The highest BCUT2D eigenvalue weighted by atomic mass is 35.5. The van der Waals surface area contributed by atoms with Gasteiger partial charge in [-0.15, -0.1) is 0 Å². The second-order valence-electron chi connectivity index (χ2n) is 3.40. The quantitative estimate of drug-likeness (QED) is 0.847. The Morgan fingerprint density at radius 3 is 2.94 bits per heavy atom. The van der Waals surface area contributed by atoms with Gasteiger partial charge in [0.1, 0.15) is 5.82 Å². The van der Waals surface area contributed by atoms with Crippen LogP contribution in [0.25, 0.3) is 10.9 Å². The summed E-state index contributed by atoms with van der Waals surface area (Å²) < 4.78 is 13.3. The molecule has 3 N–H and O–H groups in total. The SMILES string of the molecule is CCNc1c(N)cnc2c(Cl)cc(F)cc12. The first kappa shape index (κ1) is 11.0. The minimum atomic E-state index is -0.399. The number of fused-ring (bicyclic) bond motifs is 1. The molecule has 0 atom stereocenters. The number of nitrogen functional groups attached to an aromatic ring is 1. The fraction of sp³-hybridized carbons (Fsp3) is 0.182. The maximum atomic E-state index is 13.3. The zero-order chi connectivity index (χ0) is 11.7. The van der Waals surface area contributed by atoms with Crippen molar-refractivity contribution in [3.63, 3.8) is 0 Å². The van der Waals surface area contributed by atoms with E-state index in [0.717, 1.165) is 0 Å². The third-order valence-electron chi connectivity index (χ3n) is 2.27. The van der Waals surface area contributed by atoms with Crippen LogP contribution in [-0.2, 0) is 0 Å². The van der Waals surface area contributed by atoms with E-state index in [1.54, 1.807) is 0 Å². The summed E-state index contributed by atoms with van der Waals surface area (Å²) in [5, 5.41) is 3.97. The summed E-state index contributed by atoms with van der Waals surface area (Å²) in [4.78, 5) is 4.10. The number of hydrogen-bond acceptors (Lipinski definition) is 3. The first-order valence-electron chi connectivity index (χ1n) is 4.90. The Morgan fingerprint density at radius 2 is 2.25 bits per heavy atom. The molecule has 1 heterocycles. The molecule has 0 bridgehead atoms. The van der Waals surface area contributed by atoms with Gasteiger partial charge in [-0.25, -0.2) is 4.39 Å². The molecular formula is C11H11ClFN3. The fourth-order valence-corrected chi connectivity index (χ4v) is 1.87. The summed E-state index contributed by atoms with van der Waals surface area (Å²) in [6.07, 6.45) is 1.52. The lowest BCUT2D eigenvalue weighted by atomic mass is 10.1. The molecule has 0 saturated carbocycles. The Labute approximate surface area is 97.4 Å². The highest BCUT2D eigenvalue weighted by Gasteiger charge is 2.10. The Balaban J connectivity index is 2.80. The molecular weight excluding hydrogens is 229 g/mol. The van der Waals surface area contributed by atoms with Gasteiger partial charge in [-0.1, -0.05) is 11.6 Å². The topological polar surface area (TPSA) is 50.9 Å². The normalized spacial score (nSPS) is 10.7. The van der Waals surface area contributed by atoms with Gasteiger partial charge in [0.2, 0.25) is 0 Å². The molecule has 2 rings (SSSR count). The van der Waals surface area contributed by atoms with Crippen molar-refractivity contribution in [3.05, 3.63) is 29.2 Å². The van der Waals surface area contributed by atoms with Gasteiger partial charge in [0.15, 0.2) is 0 Å². The standard InChI is InChI=1S/C11H11ClFN3/c1-2-15-11-7-3-6(13)4-8(12)10(7)16-5-9(11)14/h3-5H,2,14H2,1H3,(H,15,16). The smallest absolute Gasteiger partial charge is 0.125 e. The number of nitrogens with two attached hydrogens (primary N) is 1. The second-order valence-corrected chi connectivity index (χ2v) is 3.81. The van der Waals surface area contributed by atoms with Crippen molar-refractivity contribution >= 4 is 33.9 Å². The van der Waals surface area contributed by atoms with E-state index in [1.165, 1.54) is 18.3 Å². The zero-order valence-electron chi connectivity index (χ0n) is 8.72. The Morgan fingerprint density at radius 1 is 1.50 bits per heavy atom. The van der Waals surface area contributed by atoms with Crippen LogP contribution in [0.2, 0.25) is 5.02 Å². The van der Waals surface area contributed by atoms with E-state index in [0.29, 0.717) is 28.8 Å². The third-order valence-corrected chi connectivity index (χ3v) is 2.56. The highest BCUT2D eigenvalue weighted by Crippen LogP contribution is 2.32. The molecule has 0 aliphatic rings. The lowest BCUT2D eigenvalue weighted by Crippen LogP contribution is -2.03.